The highest BCUT2D eigenvalue weighted by Crippen LogP contribution is 2.12. The molecule has 0 spiro atoms. The Labute approximate surface area is 95.8 Å². The van der Waals surface area contributed by atoms with Gasteiger partial charge in [-0.05, 0) is 0 Å². The summed E-state index contributed by atoms with van der Waals surface area (Å²) in [6.45, 7) is 3.61. The standard InChI is InChI=1S/C12H18O4/c1-2-4-12-11(3-1)15-9-7-13-5-6-14-8-10-16-12/h1-4,11-12H,5-10H2. The molecule has 2 unspecified atom stereocenters. The van der Waals surface area contributed by atoms with Gasteiger partial charge in [-0.1, -0.05) is 24.3 Å². The molecule has 0 amide bonds. The van der Waals surface area contributed by atoms with Crippen molar-refractivity contribution in [1.82, 2.24) is 0 Å². The van der Waals surface area contributed by atoms with Crippen LogP contribution < -0.4 is 0 Å². The lowest BCUT2D eigenvalue weighted by Gasteiger charge is -2.25. The number of hydrogen-bond donors (Lipinski definition) is 0. The summed E-state index contributed by atoms with van der Waals surface area (Å²) >= 11 is 0. The Morgan fingerprint density at radius 1 is 0.625 bits per heavy atom. The quantitative estimate of drug-likeness (QED) is 0.615. The molecule has 0 saturated carbocycles. The van der Waals surface area contributed by atoms with Crippen molar-refractivity contribution >= 4 is 0 Å². The SMILES string of the molecule is C1=CC2OCCOCCOCCOC2C=C1. The molecule has 0 aromatic heterocycles. The van der Waals surface area contributed by atoms with Crippen LogP contribution >= 0.6 is 0 Å². The third-order valence-electron chi connectivity index (χ3n) is 2.48. The summed E-state index contributed by atoms with van der Waals surface area (Å²) < 4.78 is 22.1. The summed E-state index contributed by atoms with van der Waals surface area (Å²) in [6.07, 6.45) is 7.97. The van der Waals surface area contributed by atoms with Crippen LogP contribution in [0.1, 0.15) is 0 Å². The molecule has 0 aromatic rings. The molecule has 0 radical (unpaired) electrons. The minimum Gasteiger partial charge on any atom is -0.377 e. The summed E-state index contributed by atoms with van der Waals surface area (Å²) in [6, 6.07) is 0. The zero-order valence-corrected chi connectivity index (χ0v) is 9.34. The smallest absolute Gasteiger partial charge is 0.106 e. The summed E-state index contributed by atoms with van der Waals surface area (Å²) in [5, 5.41) is 0. The van der Waals surface area contributed by atoms with Gasteiger partial charge in [-0.15, -0.1) is 0 Å². The first-order chi connectivity index (χ1) is 7.97. The number of hydrogen-bond acceptors (Lipinski definition) is 4. The molecule has 0 aromatic carbocycles. The normalized spacial score (nSPS) is 32.5. The molecule has 0 N–H and O–H groups in total. The lowest BCUT2D eigenvalue weighted by molar-refractivity contribution is -0.0756. The van der Waals surface area contributed by atoms with Gasteiger partial charge in [0.1, 0.15) is 12.2 Å². The third kappa shape index (κ3) is 3.72. The van der Waals surface area contributed by atoms with Crippen molar-refractivity contribution in [2.24, 2.45) is 0 Å². The highest BCUT2D eigenvalue weighted by molar-refractivity contribution is 5.16. The lowest BCUT2D eigenvalue weighted by atomic mass is 10.1. The molecule has 1 aliphatic carbocycles. The number of allylic oxidation sites excluding steroid dienone is 2. The fourth-order valence-corrected chi connectivity index (χ4v) is 1.68. The van der Waals surface area contributed by atoms with E-state index in [4.69, 9.17) is 18.9 Å². The van der Waals surface area contributed by atoms with Crippen LogP contribution in [0, 0.1) is 0 Å². The number of ether oxygens (including phenoxy) is 4. The predicted octanol–water partition coefficient (Wildman–Crippen LogP) is 0.930. The van der Waals surface area contributed by atoms with Crippen LogP contribution in [0.25, 0.3) is 0 Å². The maximum Gasteiger partial charge on any atom is 0.106 e. The maximum atomic E-state index is 5.69. The molecule has 2 atom stereocenters. The fraction of sp³-hybridized carbons (Fsp3) is 0.667. The van der Waals surface area contributed by atoms with E-state index in [1.165, 1.54) is 0 Å². The van der Waals surface area contributed by atoms with Crippen molar-refractivity contribution < 1.29 is 18.9 Å². The van der Waals surface area contributed by atoms with Crippen LogP contribution in [0.15, 0.2) is 24.3 Å². The van der Waals surface area contributed by atoms with Gasteiger partial charge in [0.2, 0.25) is 0 Å². The van der Waals surface area contributed by atoms with E-state index < -0.39 is 0 Å². The third-order valence-corrected chi connectivity index (χ3v) is 2.48. The average Bonchev–Trinajstić information content (AvgIpc) is 2.30. The van der Waals surface area contributed by atoms with Crippen LogP contribution in [0.5, 0.6) is 0 Å². The molecule has 4 nitrogen and oxygen atoms in total. The Kier molecular flexibility index (Phi) is 5.02. The van der Waals surface area contributed by atoms with Gasteiger partial charge in [-0.2, -0.15) is 0 Å². The summed E-state index contributed by atoms with van der Waals surface area (Å²) in [4.78, 5) is 0. The van der Waals surface area contributed by atoms with Crippen molar-refractivity contribution in [2.75, 3.05) is 39.6 Å². The number of fused-ring (bicyclic) bond motifs is 1. The molecular weight excluding hydrogens is 208 g/mol. The van der Waals surface area contributed by atoms with E-state index >= 15 is 0 Å². The van der Waals surface area contributed by atoms with Crippen molar-refractivity contribution in [3.63, 3.8) is 0 Å². The topological polar surface area (TPSA) is 36.9 Å². The van der Waals surface area contributed by atoms with Gasteiger partial charge in [-0.25, -0.2) is 0 Å². The molecular formula is C12H18O4. The van der Waals surface area contributed by atoms with E-state index in [0.717, 1.165) is 0 Å². The van der Waals surface area contributed by atoms with E-state index in [9.17, 15) is 0 Å². The van der Waals surface area contributed by atoms with Crippen molar-refractivity contribution in [3.8, 4) is 0 Å². The molecule has 0 bridgehead atoms. The van der Waals surface area contributed by atoms with Crippen molar-refractivity contribution in [1.29, 1.82) is 0 Å². The first-order valence-corrected chi connectivity index (χ1v) is 5.70. The van der Waals surface area contributed by atoms with E-state index in [-0.39, 0.29) is 12.2 Å². The van der Waals surface area contributed by atoms with Crippen LogP contribution in [-0.2, 0) is 18.9 Å². The van der Waals surface area contributed by atoms with E-state index in [1.54, 1.807) is 0 Å². The van der Waals surface area contributed by atoms with Crippen molar-refractivity contribution in [3.05, 3.63) is 24.3 Å². The Balaban J connectivity index is 1.85. The van der Waals surface area contributed by atoms with Crippen LogP contribution in [0.4, 0.5) is 0 Å². The molecule has 2 aliphatic rings. The summed E-state index contributed by atoms with van der Waals surface area (Å²) in [7, 11) is 0. The maximum absolute atomic E-state index is 5.69. The Bertz CT molecular complexity index is 223. The van der Waals surface area contributed by atoms with Crippen LogP contribution in [-0.4, -0.2) is 51.8 Å². The first kappa shape index (κ1) is 11.8. The predicted molar refractivity (Wildman–Crippen MR) is 59.4 cm³/mol. The second-order valence-corrected chi connectivity index (χ2v) is 3.67. The minimum absolute atomic E-state index is 0.00646. The molecule has 4 heteroatoms. The average molecular weight is 226 g/mol. The van der Waals surface area contributed by atoms with Crippen molar-refractivity contribution in [2.45, 2.75) is 12.2 Å². The Morgan fingerprint density at radius 3 is 1.56 bits per heavy atom. The number of rotatable bonds is 0. The zero-order valence-electron chi connectivity index (χ0n) is 9.34. The molecule has 2 rings (SSSR count). The zero-order chi connectivity index (χ0) is 11.1. The van der Waals surface area contributed by atoms with Gasteiger partial charge >= 0.3 is 0 Å². The second kappa shape index (κ2) is 6.81. The van der Waals surface area contributed by atoms with Gasteiger partial charge in [0, 0.05) is 0 Å². The van der Waals surface area contributed by atoms with Crippen LogP contribution in [0.3, 0.4) is 0 Å². The molecule has 1 heterocycles. The molecule has 90 valence electrons. The van der Waals surface area contributed by atoms with Gasteiger partial charge in [-0.3, -0.25) is 0 Å². The summed E-state index contributed by atoms with van der Waals surface area (Å²) in [5.41, 5.74) is 0. The highest BCUT2D eigenvalue weighted by atomic mass is 16.6. The Morgan fingerprint density at radius 2 is 1.06 bits per heavy atom. The first-order valence-electron chi connectivity index (χ1n) is 5.70. The van der Waals surface area contributed by atoms with Gasteiger partial charge < -0.3 is 18.9 Å². The van der Waals surface area contributed by atoms with E-state index in [1.807, 2.05) is 24.3 Å². The fourth-order valence-electron chi connectivity index (χ4n) is 1.68. The van der Waals surface area contributed by atoms with Gasteiger partial charge in [0.25, 0.3) is 0 Å². The molecule has 1 fully saturated rings. The monoisotopic (exact) mass is 226 g/mol. The van der Waals surface area contributed by atoms with E-state index in [2.05, 4.69) is 0 Å². The lowest BCUT2D eigenvalue weighted by Crippen LogP contribution is -2.32. The van der Waals surface area contributed by atoms with Gasteiger partial charge in [0.05, 0.1) is 39.6 Å². The molecule has 1 saturated heterocycles. The minimum atomic E-state index is -0.00646. The summed E-state index contributed by atoms with van der Waals surface area (Å²) in [5.74, 6) is 0. The van der Waals surface area contributed by atoms with Gasteiger partial charge in [0.15, 0.2) is 0 Å². The Hall–Kier alpha value is -0.680. The second-order valence-electron chi connectivity index (χ2n) is 3.67. The largest absolute Gasteiger partial charge is 0.377 e. The molecule has 1 aliphatic heterocycles. The molecule has 16 heavy (non-hydrogen) atoms. The highest BCUT2D eigenvalue weighted by Gasteiger charge is 2.19. The van der Waals surface area contributed by atoms with E-state index in [0.29, 0.717) is 39.6 Å². The van der Waals surface area contributed by atoms with Crippen LogP contribution in [0.2, 0.25) is 0 Å².